The van der Waals surface area contributed by atoms with Gasteiger partial charge in [0.05, 0.1) is 49.2 Å². The molecule has 1 spiro atoms. The summed E-state index contributed by atoms with van der Waals surface area (Å²) in [5.74, 6) is 1.12. The zero-order valence-corrected chi connectivity index (χ0v) is 38.9. The largest absolute Gasteiger partial charge is 0.453 e. The molecule has 9 rings (SSSR count). The Labute approximate surface area is 381 Å². The van der Waals surface area contributed by atoms with Gasteiger partial charge in [0.15, 0.2) is 0 Å². The van der Waals surface area contributed by atoms with Gasteiger partial charge in [-0.25, -0.2) is 19.6 Å². The minimum Gasteiger partial charge on any atom is -0.453 e. The summed E-state index contributed by atoms with van der Waals surface area (Å²) < 4.78 is 9.76. The van der Waals surface area contributed by atoms with Crippen LogP contribution in [0.3, 0.4) is 0 Å². The molecule has 4 N–H and O–H groups in total. The van der Waals surface area contributed by atoms with E-state index in [1.807, 2.05) is 43.7 Å². The van der Waals surface area contributed by atoms with Crippen molar-refractivity contribution in [3.63, 3.8) is 0 Å². The third kappa shape index (κ3) is 8.11. The zero-order chi connectivity index (χ0) is 45.7. The van der Waals surface area contributed by atoms with E-state index in [1.165, 1.54) is 30.9 Å². The highest BCUT2D eigenvalue weighted by atomic mass is 16.5. The van der Waals surface area contributed by atoms with Gasteiger partial charge in [-0.05, 0) is 115 Å². The number of amides is 4. The smallest absolute Gasteiger partial charge is 0.407 e. The lowest BCUT2D eigenvalue weighted by atomic mass is 9.84. The lowest BCUT2D eigenvalue weighted by Gasteiger charge is -2.34. The van der Waals surface area contributed by atoms with E-state index in [0.29, 0.717) is 6.54 Å². The standard InChI is InChI=1S/C51H64N8O6/c1-8-32-16-21-40(59(32)48(61)43(29(4)5)57-50(63)65-7)45-52-26-39(54-45)37-19-18-33(35-12-11-13-36(35)37)30-14-17-34-31(24-30)15-20-38-44(34)55-46(53-38)41-25-51(22-9-10-23-51)27-58(41)47(60)42(28(2)3)56-49(62)64-6/h14-15,17-20,24,26,28-29,32,40-43H,8-13,16,21-23,25,27H2,1-7H3,(H,52,54)(H,53,55)(H,56,62)(H,57,63)/t32-,40-,41-,42-,43-/m0/s1. The molecule has 2 aliphatic carbocycles. The van der Waals surface area contributed by atoms with Gasteiger partial charge in [0.25, 0.3) is 0 Å². The molecule has 5 aromatic rings. The van der Waals surface area contributed by atoms with Crippen LogP contribution in [0.4, 0.5) is 9.59 Å². The predicted octanol–water partition coefficient (Wildman–Crippen LogP) is 9.30. The van der Waals surface area contributed by atoms with Gasteiger partial charge in [0.2, 0.25) is 11.8 Å². The summed E-state index contributed by atoms with van der Waals surface area (Å²) in [6.07, 6.45) is 11.5. The van der Waals surface area contributed by atoms with Crippen LogP contribution in [0.5, 0.6) is 0 Å². The maximum Gasteiger partial charge on any atom is 0.407 e. The molecule has 2 saturated heterocycles. The molecule has 0 radical (unpaired) electrons. The highest BCUT2D eigenvalue weighted by Crippen LogP contribution is 2.52. The summed E-state index contributed by atoms with van der Waals surface area (Å²) in [4.78, 5) is 74.3. The molecule has 3 fully saturated rings. The molecular formula is C51H64N8O6. The average Bonchev–Trinajstić information content (AvgIpc) is 4.17. The number of nitrogens with one attached hydrogen (secondary N) is 4. The molecule has 5 atom stereocenters. The Hall–Kier alpha value is -5.92. The number of H-pyrrole nitrogens is 2. The van der Waals surface area contributed by atoms with Gasteiger partial charge in [-0.2, -0.15) is 0 Å². The van der Waals surface area contributed by atoms with E-state index in [-0.39, 0.29) is 47.2 Å². The summed E-state index contributed by atoms with van der Waals surface area (Å²) in [5.41, 5.74) is 9.04. The second-order valence-corrected chi connectivity index (χ2v) is 19.7. The molecule has 4 heterocycles. The van der Waals surface area contributed by atoms with Crippen LogP contribution >= 0.6 is 0 Å². The number of fused-ring (bicyclic) bond motifs is 4. The van der Waals surface area contributed by atoms with Crippen molar-refractivity contribution < 1.29 is 28.7 Å². The van der Waals surface area contributed by atoms with Gasteiger partial charge in [0, 0.05) is 23.5 Å². The Morgan fingerprint density at radius 2 is 1.48 bits per heavy atom. The van der Waals surface area contributed by atoms with Crippen LogP contribution in [0.1, 0.15) is 127 Å². The number of alkyl carbamates (subject to hydrolysis) is 2. The lowest BCUT2D eigenvalue weighted by Crippen LogP contribution is -2.53. The van der Waals surface area contributed by atoms with Crippen molar-refractivity contribution in [2.75, 3.05) is 20.8 Å². The number of ether oxygens (including phenoxy) is 2. The summed E-state index contributed by atoms with van der Waals surface area (Å²) in [6.45, 7) is 10.5. The van der Waals surface area contributed by atoms with Gasteiger partial charge in [-0.3, -0.25) is 9.59 Å². The number of aromatic nitrogens is 4. The van der Waals surface area contributed by atoms with Crippen LogP contribution in [0.2, 0.25) is 0 Å². The molecular weight excluding hydrogens is 821 g/mol. The molecule has 2 aromatic heterocycles. The monoisotopic (exact) mass is 884 g/mol. The molecule has 14 nitrogen and oxygen atoms in total. The van der Waals surface area contributed by atoms with E-state index in [1.54, 1.807) is 0 Å². The number of likely N-dealkylation sites (tertiary alicyclic amines) is 2. The Bertz CT molecular complexity index is 2620. The molecule has 0 unspecified atom stereocenters. The van der Waals surface area contributed by atoms with Crippen LogP contribution in [0.15, 0.2) is 48.7 Å². The topological polar surface area (TPSA) is 175 Å². The van der Waals surface area contributed by atoms with Gasteiger partial charge >= 0.3 is 12.2 Å². The van der Waals surface area contributed by atoms with E-state index < -0.39 is 24.3 Å². The summed E-state index contributed by atoms with van der Waals surface area (Å²) in [5, 5.41) is 7.77. The summed E-state index contributed by atoms with van der Waals surface area (Å²) in [7, 11) is 2.63. The van der Waals surface area contributed by atoms with Crippen molar-refractivity contribution in [1.29, 1.82) is 0 Å². The molecule has 14 heteroatoms. The van der Waals surface area contributed by atoms with Crippen molar-refractivity contribution in [3.8, 4) is 22.4 Å². The number of nitrogens with zero attached hydrogens (tertiary/aromatic N) is 4. The fourth-order valence-electron chi connectivity index (χ4n) is 11.7. The number of carbonyl (C=O) groups excluding carboxylic acids is 4. The third-order valence-electron chi connectivity index (χ3n) is 15.1. The number of rotatable bonds is 11. The van der Waals surface area contributed by atoms with E-state index in [2.05, 4.69) is 70.0 Å². The summed E-state index contributed by atoms with van der Waals surface area (Å²) >= 11 is 0. The second-order valence-electron chi connectivity index (χ2n) is 19.7. The maximum absolute atomic E-state index is 14.3. The zero-order valence-electron chi connectivity index (χ0n) is 38.9. The number of aromatic amines is 2. The van der Waals surface area contributed by atoms with Crippen molar-refractivity contribution in [1.82, 2.24) is 40.4 Å². The number of hydrogen-bond acceptors (Lipinski definition) is 8. The number of hydrogen-bond donors (Lipinski definition) is 4. The van der Waals surface area contributed by atoms with Crippen LogP contribution < -0.4 is 10.6 Å². The molecule has 65 heavy (non-hydrogen) atoms. The van der Waals surface area contributed by atoms with E-state index in [9.17, 15) is 19.2 Å². The fraction of sp³-hybridized carbons (Fsp3) is 0.529. The molecule has 4 aliphatic rings. The lowest BCUT2D eigenvalue weighted by molar-refractivity contribution is -0.138. The Balaban J connectivity index is 0.994. The Kier molecular flexibility index (Phi) is 12.1. The van der Waals surface area contributed by atoms with Crippen molar-refractivity contribution in [3.05, 3.63) is 71.4 Å². The van der Waals surface area contributed by atoms with Crippen molar-refractivity contribution in [2.24, 2.45) is 17.3 Å². The van der Waals surface area contributed by atoms with Gasteiger partial charge < -0.3 is 39.9 Å². The first-order chi connectivity index (χ1) is 31.3. The van der Waals surface area contributed by atoms with E-state index in [0.717, 1.165) is 121 Å². The highest BCUT2D eigenvalue weighted by molar-refractivity contribution is 6.05. The van der Waals surface area contributed by atoms with Crippen LogP contribution in [-0.4, -0.2) is 92.6 Å². The number of methoxy groups -OCH3 is 2. The van der Waals surface area contributed by atoms with Crippen molar-refractivity contribution >= 4 is 45.8 Å². The Morgan fingerprint density at radius 3 is 2.15 bits per heavy atom. The quantitative estimate of drug-likeness (QED) is 0.102. The predicted molar refractivity (Wildman–Crippen MR) is 250 cm³/mol. The number of imidazole rings is 2. The van der Waals surface area contributed by atoms with Crippen LogP contribution in [0, 0.1) is 17.3 Å². The third-order valence-corrected chi connectivity index (χ3v) is 15.1. The molecule has 2 aliphatic heterocycles. The minimum atomic E-state index is -0.702. The molecule has 4 amide bonds. The Morgan fingerprint density at radius 1 is 0.800 bits per heavy atom. The molecule has 344 valence electrons. The van der Waals surface area contributed by atoms with E-state index >= 15 is 0 Å². The average molecular weight is 885 g/mol. The van der Waals surface area contributed by atoms with Gasteiger partial charge in [-0.1, -0.05) is 77.8 Å². The minimum absolute atomic E-state index is 0.0527. The maximum atomic E-state index is 14.3. The number of carbonyl (C=O) groups is 4. The van der Waals surface area contributed by atoms with Gasteiger partial charge in [-0.15, -0.1) is 0 Å². The first-order valence-corrected chi connectivity index (χ1v) is 23.8. The number of benzene rings is 3. The highest BCUT2D eigenvalue weighted by Gasteiger charge is 2.50. The first kappa shape index (κ1) is 44.3. The second kappa shape index (κ2) is 17.8. The normalized spacial score (nSPS) is 21.2. The van der Waals surface area contributed by atoms with Gasteiger partial charge in [0.1, 0.15) is 23.7 Å². The summed E-state index contributed by atoms with van der Waals surface area (Å²) in [6, 6.07) is 13.6. The molecule has 3 aromatic carbocycles. The van der Waals surface area contributed by atoms with Crippen LogP contribution in [-0.2, 0) is 31.9 Å². The SMILES string of the molecule is CC[C@H]1CC[C@@H](c2ncc(-c3ccc(-c4ccc5c(ccc6nc([C@@H]7CC8(CCCC8)CN7C(=O)[C@@H](NC(=O)OC)C(C)C)[nH]c65)c4)c4c3CCC4)[nH]2)N1C(=O)[C@@H](NC(=O)OC)C(C)C. The fourth-order valence-corrected chi connectivity index (χ4v) is 11.7. The van der Waals surface area contributed by atoms with E-state index in [4.69, 9.17) is 19.4 Å². The first-order valence-electron chi connectivity index (χ1n) is 23.8. The molecule has 1 saturated carbocycles. The van der Waals surface area contributed by atoms with Crippen LogP contribution in [0.25, 0.3) is 44.2 Å². The molecule has 0 bridgehead atoms. The van der Waals surface area contributed by atoms with Crippen molar-refractivity contribution in [2.45, 2.75) is 135 Å².